The zero-order valence-corrected chi connectivity index (χ0v) is 72.6. The first-order valence-electron chi connectivity index (χ1n) is 43.4. The van der Waals surface area contributed by atoms with Gasteiger partial charge in [-0.05, 0) is 410 Å². The number of aryl methyl sites for hydroxylation is 19. The summed E-state index contributed by atoms with van der Waals surface area (Å²) in [5.74, 6) is 4.21. The highest BCUT2D eigenvalue weighted by Crippen LogP contribution is 2.46. The second-order valence-electron chi connectivity index (χ2n) is 34.9. The third kappa shape index (κ3) is 24.8. The van der Waals surface area contributed by atoms with Gasteiger partial charge in [0.05, 0.1) is 0 Å². The maximum absolute atomic E-state index is 13.9. The van der Waals surface area contributed by atoms with E-state index in [2.05, 4.69) is 179 Å². The van der Waals surface area contributed by atoms with Crippen LogP contribution in [0, 0.1) is 148 Å². The van der Waals surface area contributed by atoms with Crippen LogP contribution in [-0.2, 0) is 6.42 Å². The van der Waals surface area contributed by atoms with Gasteiger partial charge in [-0.25, -0.2) is 17.6 Å². The molecule has 8 aliphatic carbocycles. The minimum atomic E-state index is -0.0295. The fourth-order valence-electron chi connectivity index (χ4n) is 17.4. The Morgan fingerprint density at radius 2 is 0.536 bits per heavy atom. The molecule has 0 bridgehead atoms. The summed E-state index contributed by atoms with van der Waals surface area (Å²) in [6.45, 7) is 39.5. The van der Waals surface area contributed by atoms with E-state index in [9.17, 15) is 17.6 Å². The smallest absolute Gasteiger partial charge is 0.133 e. The molecule has 17 rings (SSSR count). The van der Waals surface area contributed by atoms with Gasteiger partial charge in [0.1, 0.15) is 23.3 Å². The Hall–Kier alpha value is -7.82. The van der Waals surface area contributed by atoms with Crippen LogP contribution in [0.4, 0.5) is 17.6 Å². The molecule has 9 aromatic rings. The average Bonchev–Trinajstić information content (AvgIpc) is 1.63. The van der Waals surface area contributed by atoms with Gasteiger partial charge in [-0.3, -0.25) is 0 Å². The van der Waals surface area contributed by atoms with E-state index in [1.54, 1.807) is 22.3 Å². The SMILES string of the molecule is CCc1cc(C)ccc1C.Cc1ccc(C)c(C2=CCCC2)c1.Cc1ccc(C)c(C2=CCCC2)c1F.Cc1ccc(C)c(C2CC2)c1.Cc1ccc(C)c(C2CC2)c1F.Cc1ccc(C)c(C2CCC2)c1.Cc1ccc(C)c(C2CCC2)c1F.Cc1ccc(C)c(C2CCCC2)c1.Cc1ccc(C)c(C2CCCC2)c1F. The van der Waals surface area contributed by atoms with Gasteiger partial charge in [0.15, 0.2) is 0 Å². The lowest BCUT2D eigenvalue weighted by molar-refractivity contribution is 0.401. The van der Waals surface area contributed by atoms with Crippen LogP contribution in [-0.4, -0.2) is 0 Å². The van der Waals surface area contributed by atoms with E-state index in [1.165, 1.54) is 214 Å². The molecule has 0 amide bonds. The maximum Gasteiger partial charge on any atom is 0.133 e. The van der Waals surface area contributed by atoms with Gasteiger partial charge in [-0.15, -0.1) is 0 Å². The van der Waals surface area contributed by atoms with Crippen molar-refractivity contribution in [3.8, 4) is 0 Å². The predicted octanol–water partition coefficient (Wildman–Crippen LogP) is 32.6. The van der Waals surface area contributed by atoms with Crippen molar-refractivity contribution >= 4 is 11.1 Å². The first kappa shape index (κ1) is 88.1. The van der Waals surface area contributed by atoms with E-state index in [0.717, 1.165) is 104 Å². The highest BCUT2D eigenvalue weighted by molar-refractivity contribution is 5.71. The molecule has 0 aromatic heterocycles. The summed E-state index contributed by atoms with van der Waals surface area (Å²) in [6, 6.07) is 49.4. The molecular formula is C108H138F4. The zero-order valence-electron chi connectivity index (χ0n) is 72.6. The summed E-state index contributed by atoms with van der Waals surface area (Å²) >= 11 is 0. The van der Waals surface area contributed by atoms with Crippen molar-refractivity contribution in [2.75, 3.05) is 0 Å². The Morgan fingerprint density at radius 3 is 0.875 bits per heavy atom. The predicted molar refractivity (Wildman–Crippen MR) is 476 cm³/mol. The Labute approximate surface area is 677 Å². The fourth-order valence-corrected chi connectivity index (χ4v) is 17.4. The molecule has 112 heavy (non-hydrogen) atoms. The van der Waals surface area contributed by atoms with E-state index in [0.29, 0.717) is 17.8 Å². The molecule has 0 atom stereocenters. The van der Waals surface area contributed by atoms with Crippen LogP contribution in [0.15, 0.2) is 152 Å². The summed E-state index contributed by atoms with van der Waals surface area (Å²) in [5, 5.41) is 0. The van der Waals surface area contributed by atoms with Crippen molar-refractivity contribution in [1.29, 1.82) is 0 Å². The van der Waals surface area contributed by atoms with Crippen molar-refractivity contribution in [2.24, 2.45) is 0 Å². The molecule has 6 saturated carbocycles. The monoisotopic (exact) mass is 1510 g/mol. The van der Waals surface area contributed by atoms with Gasteiger partial charge in [-0.2, -0.15) is 0 Å². The lowest BCUT2D eigenvalue weighted by Gasteiger charge is -2.28. The molecule has 0 radical (unpaired) electrons. The molecular weight excluding hydrogens is 1370 g/mol. The molecule has 9 aromatic carbocycles. The molecule has 0 saturated heterocycles. The number of halogens is 4. The fraction of sp³-hybridized carbons (Fsp3) is 0.463. The molecule has 598 valence electrons. The molecule has 0 spiro atoms. The van der Waals surface area contributed by atoms with Gasteiger partial charge in [0, 0.05) is 5.56 Å². The van der Waals surface area contributed by atoms with Crippen molar-refractivity contribution in [1.82, 2.24) is 0 Å². The molecule has 0 N–H and O–H groups in total. The first-order chi connectivity index (χ1) is 53.6. The summed E-state index contributed by atoms with van der Waals surface area (Å²) in [5.41, 5.74) is 36.0. The third-order valence-electron chi connectivity index (χ3n) is 25.3. The van der Waals surface area contributed by atoms with Crippen LogP contribution < -0.4 is 0 Å². The number of benzene rings is 9. The van der Waals surface area contributed by atoms with Crippen LogP contribution in [0.25, 0.3) is 11.1 Å². The normalized spacial score (nSPS) is 16.3. The molecule has 0 heterocycles. The number of hydrogen-bond acceptors (Lipinski definition) is 0. The minimum Gasteiger partial charge on any atom is -0.206 e. The topological polar surface area (TPSA) is 0 Å². The van der Waals surface area contributed by atoms with Gasteiger partial charge in [0.25, 0.3) is 0 Å². The Balaban J connectivity index is 0.000000145. The molecule has 0 nitrogen and oxygen atoms in total. The summed E-state index contributed by atoms with van der Waals surface area (Å²) < 4.78 is 55.1. The Bertz CT molecular complexity index is 4630. The second-order valence-corrected chi connectivity index (χ2v) is 34.9. The highest BCUT2D eigenvalue weighted by Gasteiger charge is 2.30. The second kappa shape index (κ2) is 42.5. The van der Waals surface area contributed by atoms with Crippen molar-refractivity contribution in [2.45, 2.75) is 328 Å². The first-order valence-corrected chi connectivity index (χ1v) is 43.4. The lowest BCUT2D eigenvalue weighted by Crippen LogP contribution is -2.13. The quantitative estimate of drug-likeness (QED) is 0.126. The zero-order chi connectivity index (χ0) is 80.9. The lowest BCUT2D eigenvalue weighted by atomic mass is 9.77. The van der Waals surface area contributed by atoms with E-state index < -0.39 is 0 Å². The van der Waals surface area contributed by atoms with Crippen LogP contribution in [0.3, 0.4) is 0 Å². The summed E-state index contributed by atoms with van der Waals surface area (Å²) in [6.07, 6.45) is 36.4. The van der Waals surface area contributed by atoms with Crippen LogP contribution >= 0.6 is 0 Å². The molecule has 0 unspecified atom stereocenters. The Kier molecular flexibility index (Phi) is 33.5. The summed E-state index contributed by atoms with van der Waals surface area (Å²) in [7, 11) is 0. The van der Waals surface area contributed by atoms with Crippen LogP contribution in [0.5, 0.6) is 0 Å². The molecule has 0 aliphatic heterocycles. The molecule has 4 heteroatoms. The maximum atomic E-state index is 13.9. The number of rotatable bonds is 9. The van der Waals surface area contributed by atoms with Crippen molar-refractivity contribution < 1.29 is 17.6 Å². The van der Waals surface area contributed by atoms with Gasteiger partial charge < -0.3 is 0 Å². The van der Waals surface area contributed by atoms with Gasteiger partial charge in [-0.1, -0.05) is 225 Å². The van der Waals surface area contributed by atoms with Crippen LogP contribution in [0.1, 0.15) is 347 Å². The largest absolute Gasteiger partial charge is 0.206 e. The molecule has 8 aliphatic rings. The van der Waals surface area contributed by atoms with Crippen LogP contribution in [0.2, 0.25) is 0 Å². The highest BCUT2D eigenvalue weighted by atomic mass is 19.1. The number of allylic oxidation sites excluding steroid dienone is 4. The molecule has 6 fully saturated rings. The third-order valence-corrected chi connectivity index (χ3v) is 25.3. The van der Waals surface area contributed by atoms with E-state index in [4.69, 9.17) is 0 Å². The Morgan fingerprint density at radius 1 is 0.250 bits per heavy atom. The van der Waals surface area contributed by atoms with Gasteiger partial charge >= 0.3 is 0 Å². The van der Waals surface area contributed by atoms with Crippen molar-refractivity contribution in [3.63, 3.8) is 0 Å². The minimum absolute atomic E-state index is 0.0255. The van der Waals surface area contributed by atoms with Crippen molar-refractivity contribution in [3.05, 3.63) is 325 Å². The number of hydrogen-bond donors (Lipinski definition) is 0. The van der Waals surface area contributed by atoms with E-state index in [-0.39, 0.29) is 23.3 Å². The standard InChI is InChI=1S/C13H17F.C13H15F.C13H18.C13H16.C12H15F.C12H16.C11H13F.C11H14.C10H14/c2*1-9-7-8-10(2)13(14)12(9)11-5-3-4-6-11;2*1-10-7-8-11(2)13(9-10)12-5-3-4-6-12;1-8-6-7-9(2)12(13)11(8)10-4-3-5-10;1-9-6-7-10(2)12(8-9)11-4-3-5-11;1-7-3-4-8(2)11(12)10(7)9-5-6-9;1-8-3-4-9(2)11(7-8)10-5-6-10;1-4-10-7-8(2)5-6-9(10)3/h7-8,11H,3-6H2,1-2H3;5,7-8H,3-4,6H2,1-2H3;7-9,12H,3-6H2,1-2H3;5,7-9H,3-4,6H2,1-2H3;6-7,10H,3-5H2,1-2H3;6-8,11H,3-5H2,1-2H3;3-4,9H,5-6H2,1-2H3;3-4,7,10H,5-6H2,1-2H3;5-7H,4H2,1-3H3. The van der Waals surface area contributed by atoms with Gasteiger partial charge in [0.2, 0.25) is 0 Å². The summed E-state index contributed by atoms with van der Waals surface area (Å²) in [4.78, 5) is 0. The van der Waals surface area contributed by atoms with E-state index in [1.807, 2.05) is 104 Å². The van der Waals surface area contributed by atoms with E-state index >= 15 is 0 Å². The average molecular weight is 1510 g/mol.